The molecule has 0 bridgehead atoms. The Bertz CT molecular complexity index is 548. The van der Waals surface area contributed by atoms with Crippen LogP contribution in [0.15, 0.2) is 24.3 Å². The quantitative estimate of drug-likeness (QED) is 0.782. The van der Waals surface area contributed by atoms with E-state index in [9.17, 15) is 8.42 Å². The summed E-state index contributed by atoms with van der Waals surface area (Å²) in [5.74, 6) is 0.475. The highest BCUT2D eigenvalue weighted by Gasteiger charge is 2.28. The molecule has 0 N–H and O–H groups in total. The Morgan fingerprint density at radius 3 is 2.70 bits per heavy atom. The maximum atomic E-state index is 12.6. The number of hydrogen-bond acceptors (Lipinski definition) is 2. The summed E-state index contributed by atoms with van der Waals surface area (Å²) in [4.78, 5) is 0. The van der Waals surface area contributed by atoms with Crippen LogP contribution in [-0.2, 0) is 23.2 Å². The molecule has 1 aromatic rings. The molecule has 4 nitrogen and oxygen atoms in total. The van der Waals surface area contributed by atoms with Gasteiger partial charge in [-0.1, -0.05) is 24.3 Å². The van der Waals surface area contributed by atoms with Crippen molar-refractivity contribution in [2.24, 2.45) is 0 Å². The van der Waals surface area contributed by atoms with Crippen molar-refractivity contribution in [3.63, 3.8) is 0 Å². The second-order valence-electron chi connectivity index (χ2n) is 5.08. The van der Waals surface area contributed by atoms with Gasteiger partial charge in [-0.3, -0.25) is 0 Å². The van der Waals surface area contributed by atoms with Gasteiger partial charge in [-0.05, 0) is 30.4 Å². The molecular formula is C14H21ClN2O2S. The van der Waals surface area contributed by atoms with Crippen molar-refractivity contribution < 1.29 is 8.42 Å². The molecule has 0 radical (unpaired) electrons. The smallest absolute Gasteiger partial charge is 0.195 e. The zero-order valence-electron chi connectivity index (χ0n) is 11.8. The van der Waals surface area contributed by atoms with Gasteiger partial charge in [-0.2, -0.15) is 17.0 Å². The van der Waals surface area contributed by atoms with Crippen LogP contribution >= 0.6 is 11.6 Å². The number of benzene rings is 1. The number of aryl methyl sites for hydroxylation is 1. The molecule has 0 atom stereocenters. The van der Waals surface area contributed by atoms with Crippen molar-refractivity contribution in [1.82, 2.24) is 8.61 Å². The molecule has 6 heteroatoms. The van der Waals surface area contributed by atoms with Gasteiger partial charge in [0.05, 0.1) is 0 Å². The fraction of sp³-hybridized carbons (Fsp3) is 0.571. The molecule has 0 aromatic heterocycles. The Kier molecular flexibility index (Phi) is 5.43. The van der Waals surface area contributed by atoms with Crippen molar-refractivity contribution >= 4 is 21.8 Å². The van der Waals surface area contributed by atoms with Gasteiger partial charge < -0.3 is 0 Å². The molecule has 0 amide bonds. The van der Waals surface area contributed by atoms with Crippen LogP contribution in [0.1, 0.15) is 24.0 Å². The molecule has 20 heavy (non-hydrogen) atoms. The van der Waals surface area contributed by atoms with Crippen LogP contribution in [-0.4, -0.2) is 43.0 Å². The van der Waals surface area contributed by atoms with Gasteiger partial charge in [-0.25, -0.2) is 0 Å². The SMILES string of the molecule is CN(CCCCl)S(=O)(=O)N1CCCc2ccccc2C1. The van der Waals surface area contributed by atoms with Crippen LogP contribution in [0.3, 0.4) is 0 Å². The molecule has 0 fully saturated rings. The molecule has 2 rings (SSSR count). The van der Waals surface area contributed by atoms with Crippen LogP contribution in [0.4, 0.5) is 0 Å². The molecule has 1 aliphatic rings. The lowest BCUT2D eigenvalue weighted by atomic mass is 10.0. The van der Waals surface area contributed by atoms with Crippen LogP contribution in [0.2, 0.25) is 0 Å². The average Bonchev–Trinajstić information content (AvgIpc) is 2.67. The lowest BCUT2D eigenvalue weighted by Gasteiger charge is -2.26. The molecule has 0 unspecified atom stereocenters. The van der Waals surface area contributed by atoms with E-state index >= 15 is 0 Å². The summed E-state index contributed by atoms with van der Waals surface area (Å²) in [5.41, 5.74) is 2.37. The van der Waals surface area contributed by atoms with E-state index in [-0.39, 0.29) is 0 Å². The van der Waals surface area contributed by atoms with Crippen molar-refractivity contribution in [2.75, 3.05) is 26.0 Å². The fourth-order valence-corrected chi connectivity index (χ4v) is 4.00. The molecule has 1 aromatic carbocycles. The van der Waals surface area contributed by atoms with Crippen LogP contribution in [0.25, 0.3) is 0 Å². The van der Waals surface area contributed by atoms with E-state index in [2.05, 4.69) is 6.07 Å². The summed E-state index contributed by atoms with van der Waals surface area (Å²) in [7, 11) is -1.77. The largest absolute Gasteiger partial charge is 0.282 e. The molecule has 0 spiro atoms. The summed E-state index contributed by atoms with van der Waals surface area (Å²) in [6.45, 7) is 1.50. The first-order chi connectivity index (χ1) is 9.55. The molecule has 0 saturated carbocycles. The number of rotatable bonds is 5. The molecular weight excluding hydrogens is 296 g/mol. The molecule has 1 aliphatic heterocycles. The average molecular weight is 317 g/mol. The number of nitrogens with zero attached hydrogens (tertiary/aromatic N) is 2. The van der Waals surface area contributed by atoms with Crippen molar-refractivity contribution in [3.05, 3.63) is 35.4 Å². The first-order valence-corrected chi connectivity index (χ1v) is 8.83. The van der Waals surface area contributed by atoms with E-state index in [1.165, 1.54) is 9.87 Å². The Morgan fingerprint density at radius 1 is 1.30 bits per heavy atom. The maximum absolute atomic E-state index is 12.6. The zero-order valence-corrected chi connectivity index (χ0v) is 13.3. The molecule has 0 aliphatic carbocycles. The summed E-state index contributed by atoms with van der Waals surface area (Å²) >= 11 is 5.64. The summed E-state index contributed by atoms with van der Waals surface area (Å²) in [6.07, 6.45) is 2.47. The van der Waals surface area contributed by atoms with Crippen LogP contribution in [0, 0.1) is 0 Å². The van der Waals surface area contributed by atoms with Gasteiger partial charge in [0.2, 0.25) is 0 Å². The normalized spacial score (nSPS) is 16.9. The third kappa shape index (κ3) is 3.52. The van der Waals surface area contributed by atoms with E-state index in [0.717, 1.165) is 18.4 Å². The highest BCUT2D eigenvalue weighted by atomic mass is 35.5. The first-order valence-electron chi connectivity index (χ1n) is 6.90. The van der Waals surface area contributed by atoms with E-state index in [1.54, 1.807) is 11.4 Å². The Hall–Kier alpha value is -0.620. The third-order valence-corrected chi connectivity index (χ3v) is 5.85. The minimum absolute atomic E-state index is 0.462. The highest BCUT2D eigenvalue weighted by Crippen LogP contribution is 2.21. The van der Waals surface area contributed by atoms with E-state index in [0.29, 0.717) is 31.9 Å². The zero-order chi connectivity index (χ0) is 14.6. The van der Waals surface area contributed by atoms with Gasteiger partial charge in [-0.15, -0.1) is 11.6 Å². The van der Waals surface area contributed by atoms with Gasteiger partial charge >= 0.3 is 0 Å². The predicted octanol–water partition coefficient (Wildman–Crippen LogP) is 2.24. The predicted molar refractivity (Wildman–Crippen MR) is 82.1 cm³/mol. The van der Waals surface area contributed by atoms with Gasteiger partial charge in [0, 0.05) is 32.6 Å². The molecule has 0 saturated heterocycles. The fourth-order valence-electron chi connectivity index (χ4n) is 2.46. The van der Waals surface area contributed by atoms with Crippen molar-refractivity contribution in [3.8, 4) is 0 Å². The number of fused-ring (bicyclic) bond motifs is 1. The maximum Gasteiger partial charge on any atom is 0.282 e. The Labute approximate surface area is 126 Å². The minimum Gasteiger partial charge on any atom is -0.195 e. The van der Waals surface area contributed by atoms with Crippen LogP contribution in [0.5, 0.6) is 0 Å². The summed E-state index contributed by atoms with van der Waals surface area (Å²) in [6, 6.07) is 8.08. The summed E-state index contributed by atoms with van der Waals surface area (Å²) < 4.78 is 28.1. The van der Waals surface area contributed by atoms with Gasteiger partial charge in [0.1, 0.15) is 0 Å². The van der Waals surface area contributed by atoms with E-state index in [1.807, 2.05) is 18.2 Å². The Morgan fingerprint density at radius 2 is 2.00 bits per heavy atom. The molecule has 112 valence electrons. The van der Waals surface area contributed by atoms with E-state index in [4.69, 9.17) is 11.6 Å². The highest BCUT2D eigenvalue weighted by molar-refractivity contribution is 7.86. The monoisotopic (exact) mass is 316 g/mol. The van der Waals surface area contributed by atoms with Crippen molar-refractivity contribution in [1.29, 1.82) is 0 Å². The minimum atomic E-state index is -3.39. The topological polar surface area (TPSA) is 40.6 Å². The number of hydrogen-bond donors (Lipinski definition) is 0. The first kappa shape index (κ1) is 15.8. The lowest BCUT2D eigenvalue weighted by molar-refractivity contribution is 0.356. The summed E-state index contributed by atoms with van der Waals surface area (Å²) in [5, 5.41) is 0. The third-order valence-electron chi connectivity index (χ3n) is 3.65. The molecule has 1 heterocycles. The van der Waals surface area contributed by atoms with Crippen molar-refractivity contribution in [2.45, 2.75) is 25.8 Å². The standard InChI is InChI=1S/C14H21ClN2O2S/c1-16(10-5-9-15)20(18,19)17-11-4-8-13-6-2-3-7-14(13)12-17/h2-3,6-7H,4-5,8-12H2,1H3. The van der Waals surface area contributed by atoms with Crippen LogP contribution < -0.4 is 0 Å². The van der Waals surface area contributed by atoms with Gasteiger partial charge in [0.15, 0.2) is 0 Å². The lowest BCUT2D eigenvalue weighted by Crippen LogP contribution is -2.42. The Balaban J connectivity index is 2.16. The number of halogens is 1. The second-order valence-corrected chi connectivity index (χ2v) is 7.49. The van der Waals surface area contributed by atoms with E-state index < -0.39 is 10.2 Å². The second kappa shape index (κ2) is 6.89. The number of alkyl halides is 1. The van der Waals surface area contributed by atoms with Gasteiger partial charge in [0.25, 0.3) is 10.2 Å².